The maximum Gasteiger partial charge on any atom is 0.371 e. The number of aryl methyl sites for hydroxylation is 2. The van der Waals surface area contributed by atoms with Gasteiger partial charge in [-0.1, -0.05) is 0 Å². The summed E-state index contributed by atoms with van der Waals surface area (Å²) in [5, 5.41) is 11.8. The smallest absolute Gasteiger partial charge is 0.371 e. The third-order valence-electron chi connectivity index (χ3n) is 2.90. The van der Waals surface area contributed by atoms with Crippen molar-refractivity contribution in [3.05, 3.63) is 46.7 Å². The molecule has 0 spiro atoms. The molecule has 2 heterocycles. The van der Waals surface area contributed by atoms with Crippen molar-refractivity contribution in [2.75, 3.05) is 5.32 Å². The molecule has 4 N–H and O–H groups in total. The highest BCUT2D eigenvalue weighted by Gasteiger charge is 2.14. The minimum atomic E-state index is -1.13. The van der Waals surface area contributed by atoms with Gasteiger partial charge in [-0.2, -0.15) is 0 Å². The fourth-order valence-corrected chi connectivity index (χ4v) is 2.05. The van der Waals surface area contributed by atoms with Crippen LogP contribution >= 0.6 is 0 Å². The SMILES string of the molecule is Cc1cc(NCc2ccc(C(=O)O)o2)c(C(N)=O)c(C)n1. The maximum atomic E-state index is 11.5. The van der Waals surface area contributed by atoms with Crippen molar-refractivity contribution in [1.82, 2.24) is 4.98 Å². The van der Waals surface area contributed by atoms with E-state index in [1.165, 1.54) is 6.07 Å². The van der Waals surface area contributed by atoms with Crippen molar-refractivity contribution >= 4 is 17.6 Å². The van der Waals surface area contributed by atoms with Crippen LogP contribution in [0.5, 0.6) is 0 Å². The van der Waals surface area contributed by atoms with Gasteiger partial charge in [0.05, 0.1) is 23.5 Å². The molecule has 0 aliphatic rings. The van der Waals surface area contributed by atoms with E-state index in [0.29, 0.717) is 22.7 Å². The van der Waals surface area contributed by atoms with Crippen LogP contribution in [0.2, 0.25) is 0 Å². The Kier molecular flexibility index (Phi) is 3.93. The van der Waals surface area contributed by atoms with Gasteiger partial charge >= 0.3 is 5.97 Å². The number of nitrogens with one attached hydrogen (secondary N) is 1. The molecule has 7 nitrogen and oxygen atoms in total. The summed E-state index contributed by atoms with van der Waals surface area (Å²) in [5.41, 5.74) is 7.49. The Morgan fingerprint density at radius 2 is 2.10 bits per heavy atom. The van der Waals surface area contributed by atoms with Crippen LogP contribution in [0.15, 0.2) is 22.6 Å². The molecule has 0 fully saturated rings. The first-order chi connectivity index (χ1) is 9.88. The maximum absolute atomic E-state index is 11.5. The Bertz CT molecular complexity index is 706. The van der Waals surface area contributed by atoms with Gasteiger partial charge < -0.3 is 20.6 Å². The second-order valence-electron chi connectivity index (χ2n) is 4.56. The summed E-state index contributed by atoms with van der Waals surface area (Å²) in [6.07, 6.45) is 0. The van der Waals surface area contributed by atoms with Gasteiger partial charge in [0.15, 0.2) is 0 Å². The number of aromatic carboxylic acids is 1. The molecule has 0 aromatic carbocycles. The summed E-state index contributed by atoms with van der Waals surface area (Å²) in [4.78, 5) is 26.4. The monoisotopic (exact) mass is 289 g/mol. The fraction of sp³-hybridized carbons (Fsp3) is 0.214. The van der Waals surface area contributed by atoms with Gasteiger partial charge in [-0.25, -0.2) is 4.79 Å². The highest BCUT2D eigenvalue weighted by atomic mass is 16.4. The summed E-state index contributed by atoms with van der Waals surface area (Å²) >= 11 is 0. The molecule has 0 atom stereocenters. The Labute approximate surface area is 120 Å². The van der Waals surface area contributed by atoms with Gasteiger partial charge in [0.1, 0.15) is 5.76 Å². The topological polar surface area (TPSA) is 118 Å². The van der Waals surface area contributed by atoms with Crippen LogP contribution in [0.4, 0.5) is 5.69 Å². The molecular weight excluding hydrogens is 274 g/mol. The van der Waals surface area contributed by atoms with Gasteiger partial charge in [0.2, 0.25) is 5.76 Å². The summed E-state index contributed by atoms with van der Waals surface area (Å²) in [7, 11) is 0. The number of primary amides is 1. The molecule has 1 amide bonds. The first kappa shape index (κ1) is 14.6. The zero-order valence-corrected chi connectivity index (χ0v) is 11.6. The number of amides is 1. The largest absolute Gasteiger partial charge is 0.475 e. The fourth-order valence-electron chi connectivity index (χ4n) is 2.05. The van der Waals surface area contributed by atoms with Crippen LogP contribution < -0.4 is 11.1 Å². The number of rotatable bonds is 5. The first-order valence-electron chi connectivity index (χ1n) is 6.22. The van der Waals surface area contributed by atoms with E-state index in [1.54, 1.807) is 26.0 Å². The predicted octanol–water partition coefficient (Wildman–Crippen LogP) is 1.70. The zero-order chi connectivity index (χ0) is 15.6. The molecular formula is C14H15N3O4. The summed E-state index contributed by atoms with van der Waals surface area (Å²) < 4.78 is 5.13. The van der Waals surface area contributed by atoms with Crippen LogP contribution in [0.25, 0.3) is 0 Å². The van der Waals surface area contributed by atoms with Gasteiger partial charge in [-0.3, -0.25) is 9.78 Å². The van der Waals surface area contributed by atoms with E-state index >= 15 is 0 Å². The lowest BCUT2D eigenvalue weighted by molar-refractivity contribution is 0.0660. The standard InChI is InChI=1S/C14H15N3O4/c1-7-5-10(12(13(15)18)8(2)17-7)16-6-9-3-4-11(21-9)14(19)20/h3-5H,6H2,1-2H3,(H2,15,18)(H,16,17)(H,19,20). The molecule has 0 aliphatic carbocycles. The van der Waals surface area contributed by atoms with E-state index in [4.69, 9.17) is 15.3 Å². The Morgan fingerprint density at radius 3 is 2.67 bits per heavy atom. The van der Waals surface area contributed by atoms with E-state index in [1.807, 2.05) is 0 Å². The normalized spacial score (nSPS) is 10.4. The van der Waals surface area contributed by atoms with Crippen molar-refractivity contribution < 1.29 is 19.1 Å². The summed E-state index contributed by atoms with van der Waals surface area (Å²) in [6, 6.07) is 4.63. The molecule has 2 aromatic rings. The molecule has 110 valence electrons. The first-order valence-corrected chi connectivity index (χ1v) is 6.22. The Balaban J connectivity index is 2.22. The number of hydrogen-bond donors (Lipinski definition) is 3. The number of carbonyl (C=O) groups excluding carboxylic acids is 1. The number of furan rings is 1. The zero-order valence-electron chi connectivity index (χ0n) is 11.6. The summed E-state index contributed by atoms with van der Waals surface area (Å²) in [6.45, 7) is 3.74. The molecule has 7 heteroatoms. The Hall–Kier alpha value is -2.83. The van der Waals surface area contributed by atoms with E-state index in [0.717, 1.165) is 5.69 Å². The minimum absolute atomic E-state index is 0.135. The van der Waals surface area contributed by atoms with E-state index in [-0.39, 0.29) is 12.3 Å². The van der Waals surface area contributed by atoms with Gasteiger partial charge in [0, 0.05) is 5.69 Å². The van der Waals surface area contributed by atoms with E-state index in [2.05, 4.69) is 10.3 Å². The molecule has 21 heavy (non-hydrogen) atoms. The highest BCUT2D eigenvalue weighted by molar-refractivity contribution is 5.99. The predicted molar refractivity (Wildman–Crippen MR) is 75.2 cm³/mol. The molecule has 0 bridgehead atoms. The van der Waals surface area contributed by atoms with Crippen LogP contribution in [0.3, 0.4) is 0 Å². The number of nitrogens with two attached hydrogens (primary N) is 1. The van der Waals surface area contributed by atoms with Crippen LogP contribution in [-0.2, 0) is 6.54 Å². The lowest BCUT2D eigenvalue weighted by atomic mass is 10.1. The number of hydrogen-bond acceptors (Lipinski definition) is 5. The number of carbonyl (C=O) groups is 2. The van der Waals surface area contributed by atoms with Crippen LogP contribution in [0.1, 0.15) is 38.1 Å². The Morgan fingerprint density at radius 1 is 1.38 bits per heavy atom. The number of pyridine rings is 1. The highest BCUT2D eigenvalue weighted by Crippen LogP contribution is 2.20. The van der Waals surface area contributed by atoms with E-state index in [9.17, 15) is 9.59 Å². The molecule has 0 radical (unpaired) electrons. The molecule has 2 aromatic heterocycles. The van der Waals surface area contributed by atoms with Crippen molar-refractivity contribution in [3.8, 4) is 0 Å². The average molecular weight is 289 g/mol. The van der Waals surface area contributed by atoms with Crippen molar-refractivity contribution in [2.24, 2.45) is 5.73 Å². The van der Waals surface area contributed by atoms with Crippen molar-refractivity contribution in [1.29, 1.82) is 0 Å². The van der Waals surface area contributed by atoms with Crippen molar-refractivity contribution in [3.63, 3.8) is 0 Å². The number of carboxylic acids is 1. The number of aromatic nitrogens is 1. The van der Waals surface area contributed by atoms with E-state index < -0.39 is 11.9 Å². The van der Waals surface area contributed by atoms with Gasteiger partial charge in [-0.15, -0.1) is 0 Å². The average Bonchev–Trinajstić information content (AvgIpc) is 2.83. The third kappa shape index (κ3) is 3.19. The minimum Gasteiger partial charge on any atom is -0.475 e. The van der Waals surface area contributed by atoms with Gasteiger partial charge in [-0.05, 0) is 32.0 Å². The quantitative estimate of drug-likeness (QED) is 0.770. The van der Waals surface area contributed by atoms with Gasteiger partial charge in [0.25, 0.3) is 5.91 Å². The third-order valence-corrected chi connectivity index (χ3v) is 2.90. The second-order valence-corrected chi connectivity index (χ2v) is 4.56. The van der Waals surface area contributed by atoms with Crippen LogP contribution in [0, 0.1) is 13.8 Å². The lowest BCUT2D eigenvalue weighted by Gasteiger charge is -2.12. The van der Waals surface area contributed by atoms with Crippen LogP contribution in [-0.4, -0.2) is 22.0 Å². The number of carboxylic acid groups (broad SMARTS) is 1. The molecule has 0 saturated heterocycles. The molecule has 2 rings (SSSR count). The molecule has 0 aliphatic heterocycles. The summed E-state index contributed by atoms with van der Waals surface area (Å²) in [5.74, 6) is -1.40. The second kappa shape index (κ2) is 5.66. The number of anilines is 1. The number of nitrogens with zero attached hydrogens (tertiary/aromatic N) is 1. The molecule has 0 unspecified atom stereocenters. The lowest BCUT2D eigenvalue weighted by Crippen LogP contribution is -2.17. The molecule has 0 saturated carbocycles. The van der Waals surface area contributed by atoms with Crippen molar-refractivity contribution in [2.45, 2.75) is 20.4 Å².